The van der Waals surface area contributed by atoms with Gasteiger partial charge in [-0.15, -0.1) is 0 Å². The summed E-state index contributed by atoms with van der Waals surface area (Å²) in [6, 6.07) is -0.0304. The third-order valence-corrected chi connectivity index (χ3v) is 4.06. The maximum atomic E-state index is 12.6. The number of hydrogen-bond donors (Lipinski definition) is 1. The van der Waals surface area contributed by atoms with Crippen molar-refractivity contribution >= 4 is 11.8 Å². The van der Waals surface area contributed by atoms with Crippen LogP contribution < -0.4 is 5.32 Å². The number of amides is 2. The number of hydrogen-bond acceptors (Lipinski definition) is 3. The average Bonchev–Trinajstić information content (AvgIpc) is 2.41. The van der Waals surface area contributed by atoms with Gasteiger partial charge in [-0.2, -0.15) is 0 Å². The SMILES string of the molecule is CC1CC(=O)NC(C)(C)C(=O)N1CC1CCOCC1. The van der Waals surface area contributed by atoms with Crippen LogP contribution in [-0.2, 0) is 14.3 Å². The standard InChI is InChI=1S/C14H24N2O3/c1-10-8-12(17)15-14(2,3)13(18)16(10)9-11-4-6-19-7-5-11/h10-11H,4-9H2,1-3H3,(H,15,17). The zero-order valence-corrected chi connectivity index (χ0v) is 12.1. The zero-order valence-electron chi connectivity index (χ0n) is 12.1. The second-order valence-electron chi connectivity index (χ2n) is 6.24. The Hall–Kier alpha value is -1.10. The Morgan fingerprint density at radius 1 is 1.32 bits per heavy atom. The number of ether oxygens (including phenoxy) is 1. The number of rotatable bonds is 2. The van der Waals surface area contributed by atoms with Gasteiger partial charge in [-0.3, -0.25) is 9.59 Å². The lowest BCUT2D eigenvalue weighted by Crippen LogP contribution is -2.54. The van der Waals surface area contributed by atoms with Crippen molar-refractivity contribution in [1.82, 2.24) is 10.2 Å². The Morgan fingerprint density at radius 2 is 1.95 bits per heavy atom. The highest BCUT2D eigenvalue weighted by Gasteiger charge is 2.40. The fraction of sp³-hybridized carbons (Fsp3) is 0.857. The number of carbonyl (C=O) groups excluding carboxylic acids is 2. The molecule has 0 aromatic carbocycles. The first kappa shape index (κ1) is 14.3. The van der Waals surface area contributed by atoms with Gasteiger partial charge < -0.3 is 15.0 Å². The van der Waals surface area contributed by atoms with E-state index < -0.39 is 5.54 Å². The van der Waals surface area contributed by atoms with E-state index in [0.29, 0.717) is 12.3 Å². The van der Waals surface area contributed by atoms with E-state index >= 15 is 0 Å². The van der Waals surface area contributed by atoms with Gasteiger partial charge in [-0.05, 0) is 39.5 Å². The van der Waals surface area contributed by atoms with Gasteiger partial charge in [0.1, 0.15) is 5.54 Å². The van der Waals surface area contributed by atoms with Gasteiger partial charge in [0.2, 0.25) is 11.8 Å². The molecule has 2 fully saturated rings. The summed E-state index contributed by atoms with van der Waals surface area (Å²) in [4.78, 5) is 26.2. The predicted octanol–water partition coefficient (Wildman–Crippen LogP) is 0.929. The van der Waals surface area contributed by atoms with Crippen LogP contribution in [0.15, 0.2) is 0 Å². The molecule has 2 rings (SSSR count). The summed E-state index contributed by atoms with van der Waals surface area (Å²) in [5.74, 6) is 0.474. The van der Waals surface area contributed by atoms with Gasteiger partial charge in [-0.25, -0.2) is 0 Å². The molecule has 2 saturated heterocycles. The van der Waals surface area contributed by atoms with Crippen molar-refractivity contribution in [2.45, 2.75) is 51.6 Å². The van der Waals surface area contributed by atoms with Gasteiger partial charge >= 0.3 is 0 Å². The molecule has 0 aliphatic carbocycles. The molecule has 2 aliphatic heterocycles. The van der Waals surface area contributed by atoms with E-state index in [2.05, 4.69) is 5.32 Å². The predicted molar refractivity (Wildman–Crippen MR) is 71.6 cm³/mol. The summed E-state index contributed by atoms with van der Waals surface area (Å²) in [6.07, 6.45) is 2.38. The molecule has 2 aliphatic rings. The lowest BCUT2D eigenvalue weighted by Gasteiger charge is -2.35. The minimum Gasteiger partial charge on any atom is -0.381 e. The molecule has 0 bridgehead atoms. The van der Waals surface area contributed by atoms with Crippen molar-refractivity contribution in [3.63, 3.8) is 0 Å². The Kier molecular flexibility index (Phi) is 4.13. The van der Waals surface area contributed by atoms with E-state index in [-0.39, 0.29) is 17.9 Å². The Morgan fingerprint density at radius 3 is 2.58 bits per heavy atom. The van der Waals surface area contributed by atoms with Crippen LogP contribution in [0.4, 0.5) is 0 Å². The fourth-order valence-corrected chi connectivity index (χ4v) is 2.86. The first-order valence-corrected chi connectivity index (χ1v) is 7.10. The van der Waals surface area contributed by atoms with Crippen molar-refractivity contribution in [3.05, 3.63) is 0 Å². The highest BCUT2D eigenvalue weighted by Crippen LogP contribution is 2.23. The van der Waals surface area contributed by atoms with Crippen molar-refractivity contribution in [2.75, 3.05) is 19.8 Å². The van der Waals surface area contributed by atoms with Crippen LogP contribution in [-0.4, -0.2) is 48.1 Å². The maximum absolute atomic E-state index is 12.6. The van der Waals surface area contributed by atoms with Gasteiger partial charge in [-0.1, -0.05) is 0 Å². The molecule has 0 aromatic heterocycles. The normalized spacial score (nSPS) is 29.0. The molecular weight excluding hydrogens is 244 g/mol. The molecule has 0 spiro atoms. The molecule has 19 heavy (non-hydrogen) atoms. The van der Waals surface area contributed by atoms with E-state index in [4.69, 9.17) is 4.74 Å². The molecule has 5 heteroatoms. The van der Waals surface area contributed by atoms with Crippen LogP contribution in [0.5, 0.6) is 0 Å². The summed E-state index contributed by atoms with van der Waals surface area (Å²) < 4.78 is 5.36. The topological polar surface area (TPSA) is 58.6 Å². The molecule has 108 valence electrons. The summed E-state index contributed by atoms with van der Waals surface area (Å²) in [7, 11) is 0. The zero-order chi connectivity index (χ0) is 14.0. The Bertz CT molecular complexity index is 362. The van der Waals surface area contributed by atoms with Crippen molar-refractivity contribution < 1.29 is 14.3 Å². The van der Waals surface area contributed by atoms with Crippen LogP contribution in [0, 0.1) is 5.92 Å². The third kappa shape index (κ3) is 3.26. The fourth-order valence-electron chi connectivity index (χ4n) is 2.86. The second-order valence-corrected chi connectivity index (χ2v) is 6.24. The maximum Gasteiger partial charge on any atom is 0.248 e. The molecule has 0 radical (unpaired) electrons. The lowest BCUT2D eigenvalue weighted by molar-refractivity contribution is -0.139. The van der Waals surface area contributed by atoms with Gasteiger partial charge in [0.05, 0.1) is 0 Å². The highest BCUT2D eigenvalue weighted by atomic mass is 16.5. The van der Waals surface area contributed by atoms with E-state index in [1.165, 1.54) is 0 Å². The van der Waals surface area contributed by atoms with Gasteiger partial charge in [0.25, 0.3) is 0 Å². The monoisotopic (exact) mass is 268 g/mol. The number of nitrogens with one attached hydrogen (secondary N) is 1. The van der Waals surface area contributed by atoms with Crippen molar-refractivity contribution in [1.29, 1.82) is 0 Å². The first-order valence-electron chi connectivity index (χ1n) is 7.10. The first-order chi connectivity index (χ1) is 8.90. The van der Waals surface area contributed by atoms with E-state index in [1.54, 1.807) is 13.8 Å². The van der Waals surface area contributed by atoms with Crippen LogP contribution in [0.3, 0.4) is 0 Å². The average molecular weight is 268 g/mol. The molecule has 1 atom stereocenters. The quantitative estimate of drug-likeness (QED) is 0.810. The molecule has 1 unspecified atom stereocenters. The molecule has 1 N–H and O–H groups in total. The van der Waals surface area contributed by atoms with E-state index in [1.807, 2.05) is 11.8 Å². The summed E-state index contributed by atoms with van der Waals surface area (Å²) in [6.45, 7) is 7.81. The van der Waals surface area contributed by atoms with Crippen molar-refractivity contribution in [3.8, 4) is 0 Å². The number of carbonyl (C=O) groups is 2. The molecular formula is C14H24N2O3. The summed E-state index contributed by atoms with van der Waals surface area (Å²) >= 11 is 0. The summed E-state index contributed by atoms with van der Waals surface area (Å²) in [5, 5.41) is 2.81. The molecule has 2 amide bonds. The minimum atomic E-state index is -0.799. The van der Waals surface area contributed by atoms with Crippen LogP contribution in [0.1, 0.15) is 40.0 Å². The van der Waals surface area contributed by atoms with Gasteiger partial charge in [0.15, 0.2) is 0 Å². The van der Waals surface area contributed by atoms with Gasteiger partial charge in [0, 0.05) is 32.2 Å². The molecule has 0 saturated carbocycles. The highest BCUT2D eigenvalue weighted by molar-refractivity contribution is 5.93. The second kappa shape index (κ2) is 5.49. The summed E-state index contributed by atoms with van der Waals surface area (Å²) in [5.41, 5.74) is -0.799. The largest absolute Gasteiger partial charge is 0.381 e. The molecule has 2 heterocycles. The minimum absolute atomic E-state index is 0.0253. The smallest absolute Gasteiger partial charge is 0.248 e. The van der Waals surface area contributed by atoms with Crippen LogP contribution >= 0.6 is 0 Å². The van der Waals surface area contributed by atoms with Crippen LogP contribution in [0.25, 0.3) is 0 Å². The molecule has 0 aromatic rings. The Labute approximate surface area is 114 Å². The third-order valence-electron chi connectivity index (χ3n) is 4.06. The Balaban J connectivity index is 2.10. The molecule has 5 nitrogen and oxygen atoms in total. The van der Waals surface area contributed by atoms with E-state index in [9.17, 15) is 9.59 Å². The van der Waals surface area contributed by atoms with Crippen LogP contribution in [0.2, 0.25) is 0 Å². The van der Waals surface area contributed by atoms with E-state index in [0.717, 1.165) is 32.6 Å². The van der Waals surface area contributed by atoms with Crippen molar-refractivity contribution in [2.24, 2.45) is 5.92 Å². The number of nitrogens with zero attached hydrogens (tertiary/aromatic N) is 1. The lowest BCUT2D eigenvalue weighted by atomic mass is 9.97.